The van der Waals surface area contributed by atoms with Crippen LogP contribution >= 0.6 is 0 Å². The third-order valence-electron chi connectivity index (χ3n) is 11.5. The summed E-state index contributed by atoms with van der Waals surface area (Å²) < 4.78 is 6.97. The van der Waals surface area contributed by atoms with Crippen molar-refractivity contribution in [3.8, 4) is 44.9 Å². The second-order valence-corrected chi connectivity index (χ2v) is 14.5. The highest BCUT2D eigenvalue weighted by Gasteiger charge is 2.51. The summed E-state index contributed by atoms with van der Waals surface area (Å²) in [6.45, 7) is 0. The van der Waals surface area contributed by atoms with Crippen LogP contribution in [0.15, 0.2) is 212 Å². The summed E-state index contributed by atoms with van der Waals surface area (Å²) in [6, 6.07) is 76.9. The molecule has 0 radical (unpaired) electrons. The molecular formula is C53H35NO. The van der Waals surface area contributed by atoms with E-state index >= 15 is 0 Å². The summed E-state index contributed by atoms with van der Waals surface area (Å²) in [4.78, 5) is 2.41. The molecule has 1 unspecified atom stereocenters. The van der Waals surface area contributed by atoms with Gasteiger partial charge in [-0.3, -0.25) is 0 Å². The van der Waals surface area contributed by atoms with Gasteiger partial charge in [0.15, 0.2) is 0 Å². The molecule has 55 heavy (non-hydrogen) atoms. The van der Waals surface area contributed by atoms with E-state index in [0.29, 0.717) is 0 Å². The van der Waals surface area contributed by atoms with Crippen molar-refractivity contribution in [2.24, 2.45) is 0 Å². The Bertz CT molecular complexity index is 2900. The Hall–Kier alpha value is -7.16. The molecule has 2 nitrogen and oxygen atoms in total. The molecule has 1 aliphatic heterocycles. The van der Waals surface area contributed by atoms with Crippen molar-refractivity contribution in [3.05, 3.63) is 235 Å². The summed E-state index contributed by atoms with van der Waals surface area (Å²) in [5, 5.41) is 2.43. The van der Waals surface area contributed by atoms with E-state index in [1.807, 2.05) is 0 Å². The highest BCUT2D eigenvalue weighted by atomic mass is 16.5. The number of ether oxygens (including phenoxy) is 1. The Labute approximate surface area is 321 Å². The first-order chi connectivity index (χ1) is 27.3. The Morgan fingerprint density at radius 2 is 0.891 bits per heavy atom. The van der Waals surface area contributed by atoms with E-state index in [4.69, 9.17) is 4.74 Å². The van der Waals surface area contributed by atoms with Crippen molar-refractivity contribution in [3.63, 3.8) is 0 Å². The van der Waals surface area contributed by atoms with Crippen LogP contribution in [0.1, 0.15) is 22.3 Å². The largest absolute Gasteiger partial charge is 0.456 e. The molecule has 9 aromatic rings. The second kappa shape index (κ2) is 12.5. The van der Waals surface area contributed by atoms with E-state index < -0.39 is 5.41 Å². The number of fused-ring (bicyclic) bond motifs is 10. The van der Waals surface area contributed by atoms with Crippen LogP contribution in [0.25, 0.3) is 44.2 Å². The van der Waals surface area contributed by atoms with Gasteiger partial charge in [-0.15, -0.1) is 0 Å². The molecule has 1 aliphatic carbocycles. The van der Waals surface area contributed by atoms with Gasteiger partial charge in [0.2, 0.25) is 0 Å². The van der Waals surface area contributed by atoms with Gasteiger partial charge in [-0.05, 0) is 92.2 Å². The Balaban J connectivity index is 1.17. The fourth-order valence-corrected chi connectivity index (χ4v) is 9.09. The minimum absolute atomic E-state index is 0.608. The molecular weight excluding hydrogens is 667 g/mol. The molecule has 0 saturated heterocycles. The summed E-state index contributed by atoms with van der Waals surface area (Å²) in [5.74, 6) is 1.79. The lowest BCUT2D eigenvalue weighted by Gasteiger charge is -2.40. The smallest absolute Gasteiger partial charge is 0.140 e. The number of anilines is 3. The maximum absolute atomic E-state index is 6.97. The topological polar surface area (TPSA) is 12.5 Å². The van der Waals surface area contributed by atoms with E-state index in [9.17, 15) is 0 Å². The van der Waals surface area contributed by atoms with Gasteiger partial charge in [-0.1, -0.05) is 170 Å². The maximum Gasteiger partial charge on any atom is 0.140 e. The van der Waals surface area contributed by atoms with Crippen LogP contribution in [0.4, 0.5) is 17.1 Å². The van der Waals surface area contributed by atoms with E-state index in [2.05, 4.69) is 217 Å². The predicted octanol–water partition coefficient (Wildman–Crippen LogP) is 14.1. The molecule has 258 valence electrons. The van der Waals surface area contributed by atoms with Gasteiger partial charge >= 0.3 is 0 Å². The molecule has 0 bridgehead atoms. The zero-order valence-corrected chi connectivity index (χ0v) is 30.1. The average molecular weight is 702 g/mol. The number of benzene rings is 9. The quantitative estimate of drug-likeness (QED) is 0.177. The van der Waals surface area contributed by atoms with Crippen molar-refractivity contribution < 1.29 is 4.74 Å². The van der Waals surface area contributed by atoms with Crippen LogP contribution in [0, 0.1) is 0 Å². The molecule has 1 atom stereocenters. The molecule has 1 heterocycles. The summed E-state index contributed by atoms with van der Waals surface area (Å²) in [6.07, 6.45) is 0. The van der Waals surface area contributed by atoms with E-state index in [0.717, 1.165) is 50.8 Å². The molecule has 2 aliphatic rings. The predicted molar refractivity (Wildman–Crippen MR) is 227 cm³/mol. The minimum atomic E-state index is -0.608. The van der Waals surface area contributed by atoms with Gasteiger partial charge in [-0.25, -0.2) is 0 Å². The van der Waals surface area contributed by atoms with Crippen molar-refractivity contribution in [1.29, 1.82) is 0 Å². The number of rotatable bonds is 5. The second-order valence-electron chi connectivity index (χ2n) is 14.5. The molecule has 0 aromatic heterocycles. The normalized spacial score (nSPS) is 14.8. The molecule has 0 N–H and O–H groups in total. The zero-order chi connectivity index (χ0) is 36.3. The summed E-state index contributed by atoms with van der Waals surface area (Å²) in [5.41, 5.74) is 14.6. The van der Waals surface area contributed by atoms with Crippen molar-refractivity contribution in [2.75, 3.05) is 4.90 Å². The number of hydrogen-bond acceptors (Lipinski definition) is 2. The molecule has 0 saturated carbocycles. The van der Waals surface area contributed by atoms with Crippen molar-refractivity contribution >= 4 is 27.8 Å². The highest BCUT2D eigenvalue weighted by Crippen LogP contribution is 2.63. The van der Waals surface area contributed by atoms with Gasteiger partial charge in [0, 0.05) is 33.8 Å². The SMILES string of the molecule is c1ccc(-c2ccc(N(c3ccc4c(c3)C3(c5ccccc5Oc5c(-c6ccccc6)cccc53)c3ccccc3-4)c3ccc4ccccc4c3)cc2)cc1. The lowest BCUT2D eigenvalue weighted by Crippen LogP contribution is -2.32. The molecule has 1 spiro atoms. The van der Waals surface area contributed by atoms with Crippen LogP contribution in [0.3, 0.4) is 0 Å². The van der Waals surface area contributed by atoms with Gasteiger partial charge < -0.3 is 9.64 Å². The van der Waals surface area contributed by atoms with Gasteiger partial charge in [0.25, 0.3) is 0 Å². The number of hydrogen-bond donors (Lipinski definition) is 0. The lowest BCUT2D eigenvalue weighted by atomic mass is 9.65. The Morgan fingerprint density at radius 1 is 0.327 bits per heavy atom. The van der Waals surface area contributed by atoms with Gasteiger partial charge in [0.05, 0.1) is 5.41 Å². The Kier molecular flexibility index (Phi) is 7.11. The van der Waals surface area contributed by atoms with E-state index in [1.165, 1.54) is 44.2 Å². The first kappa shape index (κ1) is 31.4. The molecule has 2 heteroatoms. The summed E-state index contributed by atoms with van der Waals surface area (Å²) in [7, 11) is 0. The number of nitrogens with zero attached hydrogens (tertiary/aromatic N) is 1. The van der Waals surface area contributed by atoms with Crippen LogP contribution in [-0.4, -0.2) is 0 Å². The van der Waals surface area contributed by atoms with Crippen LogP contribution in [-0.2, 0) is 5.41 Å². The molecule has 9 aromatic carbocycles. The van der Waals surface area contributed by atoms with Crippen LogP contribution in [0.2, 0.25) is 0 Å². The maximum atomic E-state index is 6.97. The Morgan fingerprint density at radius 3 is 1.71 bits per heavy atom. The minimum Gasteiger partial charge on any atom is -0.456 e. The lowest BCUT2D eigenvalue weighted by molar-refractivity contribution is 0.438. The number of para-hydroxylation sites is 2. The third-order valence-corrected chi connectivity index (χ3v) is 11.5. The van der Waals surface area contributed by atoms with Crippen molar-refractivity contribution in [1.82, 2.24) is 0 Å². The van der Waals surface area contributed by atoms with E-state index in [-0.39, 0.29) is 0 Å². The van der Waals surface area contributed by atoms with Gasteiger partial charge in [0.1, 0.15) is 11.5 Å². The first-order valence-electron chi connectivity index (χ1n) is 18.9. The van der Waals surface area contributed by atoms with Crippen LogP contribution in [0.5, 0.6) is 11.5 Å². The van der Waals surface area contributed by atoms with E-state index in [1.54, 1.807) is 0 Å². The molecule has 0 amide bonds. The van der Waals surface area contributed by atoms with Crippen LogP contribution < -0.4 is 9.64 Å². The first-order valence-corrected chi connectivity index (χ1v) is 18.9. The highest BCUT2D eigenvalue weighted by molar-refractivity contribution is 5.94. The van der Waals surface area contributed by atoms with Gasteiger partial charge in [-0.2, -0.15) is 0 Å². The fourth-order valence-electron chi connectivity index (χ4n) is 9.09. The monoisotopic (exact) mass is 701 g/mol. The average Bonchev–Trinajstić information content (AvgIpc) is 3.54. The molecule has 11 rings (SSSR count). The summed E-state index contributed by atoms with van der Waals surface area (Å²) >= 11 is 0. The fraction of sp³-hybridized carbons (Fsp3) is 0.0189. The standard InChI is InChI=1S/C53H35NO/c1-3-14-36(15-4-1)38-26-29-41(30-27-38)54(42-31-28-37-16-7-8-19-40(37)34-42)43-32-33-46-45-20-9-10-22-47(45)53(50(46)35-43)48-23-11-12-25-51(48)55-52-44(21-13-24-49(52)53)39-17-5-2-6-18-39/h1-35H. The zero-order valence-electron chi connectivity index (χ0n) is 30.1. The van der Waals surface area contributed by atoms with Crippen molar-refractivity contribution in [2.45, 2.75) is 5.41 Å². The molecule has 0 fully saturated rings. The third kappa shape index (κ3) is 4.82.